The first-order valence-corrected chi connectivity index (χ1v) is 6.68. The smallest absolute Gasteiger partial charge is 0.246 e. The van der Waals surface area contributed by atoms with Crippen LogP contribution in [0.3, 0.4) is 0 Å². The van der Waals surface area contributed by atoms with Crippen LogP contribution in [0.15, 0.2) is 24.3 Å². The van der Waals surface area contributed by atoms with Crippen LogP contribution in [0.4, 0.5) is 0 Å². The maximum absolute atomic E-state index is 11.7. The second-order valence-electron chi connectivity index (χ2n) is 6.07. The molecule has 0 fully saturated rings. The summed E-state index contributed by atoms with van der Waals surface area (Å²) in [5.74, 6) is -0.425. The Morgan fingerprint density at radius 2 is 1.50 bits per heavy atom. The number of carbonyl (C=O) groups excluding carboxylic acids is 2. The zero-order valence-electron chi connectivity index (χ0n) is 13.2. The zero-order valence-corrected chi connectivity index (χ0v) is 13.2. The van der Waals surface area contributed by atoms with E-state index in [4.69, 9.17) is 0 Å². The summed E-state index contributed by atoms with van der Waals surface area (Å²) in [7, 11) is 0. The van der Waals surface area contributed by atoms with Crippen LogP contribution in [0.5, 0.6) is 0 Å². The summed E-state index contributed by atoms with van der Waals surface area (Å²) in [5.41, 5.74) is 0.820. The van der Waals surface area contributed by atoms with Crippen molar-refractivity contribution in [3.05, 3.63) is 24.3 Å². The molecule has 0 aromatic carbocycles. The maximum Gasteiger partial charge on any atom is 0.246 e. The predicted octanol–water partition coefficient (Wildman–Crippen LogP) is 1.13. The number of hydrogen-bond acceptors (Lipinski definition) is 3. The number of rotatable bonds is 7. The minimum atomic E-state index is -0.213. The van der Waals surface area contributed by atoms with E-state index in [0.29, 0.717) is 24.2 Å². The minimum Gasteiger partial charge on any atom is -0.350 e. The van der Waals surface area contributed by atoms with E-state index in [1.54, 1.807) is 13.8 Å². The Labute approximate surface area is 121 Å². The normalized spacial score (nSPS) is 12.4. The van der Waals surface area contributed by atoms with Crippen molar-refractivity contribution in [2.24, 2.45) is 0 Å². The highest BCUT2D eigenvalue weighted by atomic mass is 16.2. The van der Waals surface area contributed by atoms with Crippen LogP contribution in [0.25, 0.3) is 0 Å². The summed E-state index contributed by atoms with van der Waals surface area (Å²) in [4.78, 5) is 23.2. The Kier molecular flexibility index (Phi) is 7.21. The zero-order chi connectivity index (χ0) is 15.9. The van der Waals surface area contributed by atoms with Gasteiger partial charge in [0.25, 0.3) is 0 Å². The number of nitrogens with one attached hydrogen (secondary N) is 3. The van der Waals surface area contributed by atoms with Gasteiger partial charge in [-0.1, -0.05) is 13.2 Å². The fraction of sp³-hybridized carbons (Fsp3) is 0.600. The van der Waals surface area contributed by atoms with E-state index >= 15 is 0 Å². The molecule has 114 valence electrons. The predicted molar refractivity (Wildman–Crippen MR) is 82.3 cm³/mol. The topological polar surface area (TPSA) is 70.2 Å². The lowest BCUT2D eigenvalue weighted by atomic mass is 10.1. The van der Waals surface area contributed by atoms with E-state index in [9.17, 15) is 9.59 Å². The van der Waals surface area contributed by atoms with Gasteiger partial charge in [0.2, 0.25) is 11.8 Å². The van der Waals surface area contributed by atoms with Crippen LogP contribution < -0.4 is 16.0 Å². The first-order chi connectivity index (χ1) is 9.03. The largest absolute Gasteiger partial charge is 0.350 e. The third kappa shape index (κ3) is 8.48. The molecule has 0 bridgehead atoms. The lowest BCUT2D eigenvalue weighted by molar-refractivity contribution is -0.119. The van der Waals surface area contributed by atoms with Gasteiger partial charge in [0.15, 0.2) is 0 Å². The summed E-state index contributed by atoms with van der Waals surface area (Å²) < 4.78 is 0. The van der Waals surface area contributed by atoms with Gasteiger partial charge < -0.3 is 16.0 Å². The first-order valence-electron chi connectivity index (χ1n) is 6.68. The van der Waals surface area contributed by atoms with E-state index in [0.717, 1.165) is 0 Å². The molecule has 1 unspecified atom stereocenters. The molecule has 0 heterocycles. The molecule has 3 N–H and O–H groups in total. The van der Waals surface area contributed by atoms with E-state index in [2.05, 4.69) is 29.1 Å². The van der Waals surface area contributed by atoms with Crippen molar-refractivity contribution < 1.29 is 9.59 Å². The molecule has 0 aliphatic heterocycles. The van der Waals surface area contributed by atoms with E-state index in [1.807, 2.05) is 20.8 Å². The minimum absolute atomic E-state index is 0.0649. The van der Waals surface area contributed by atoms with Crippen molar-refractivity contribution in [3.8, 4) is 0 Å². The van der Waals surface area contributed by atoms with Gasteiger partial charge in [-0.05, 0) is 34.6 Å². The molecular formula is C15H27N3O2. The highest BCUT2D eigenvalue weighted by Crippen LogP contribution is 1.99. The van der Waals surface area contributed by atoms with Crippen LogP contribution in [0, 0.1) is 0 Å². The second-order valence-corrected chi connectivity index (χ2v) is 6.07. The number of hydrogen-bond donors (Lipinski definition) is 3. The van der Waals surface area contributed by atoms with Crippen LogP contribution in [-0.4, -0.2) is 36.5 Å². The van der Waals surface area contributed by atoms with Crippen LogP contribution in [0.1, 0.15) is 34.6 Å². The Balaban J connectivity index is 4.54. The number of carbonyl (C=O) groups is 2. The standard InChI is InChI=1S/C15H27N3O2/c1-10(2)13(19)16-8-12(9-17-15(5,6)7)18-14(20)11(3)4/h12,17H,1,3,8-9H2,2,4-7H3,(H,16,19)(H,18,20). The van der Waals surface area contributed by atoms with Crippen molar-refractivity contribution in [2.75, 3.05) is 13.1 Å². The van der Waals surface area contributed by atoms with Crippen LogP contribution in [-0.2, 0) is 9.59 Å². The van der Waals surface area contributed by atoms with E-state index in [1.165, 1.54) is 0 Å². The molecule has 0 aromatic heterocycles. The molecule has 0 saturated heterocycles. The average Bonchev–Trinajstić information content (AvgIpc) is 2.30. The molecule has 0 aliphatic rings. The second kappa shape index (κ2) is 7.85. The van der Waals surface area contributed by atoms with Gasteiger partial charge in [-0.25, -0.2) is 0 Å². The molecule has 5 nitrogen and oxygen atoms in total. The van der Waals surface area contributed by atoms with Crippen molar-refractivity contribution in [3.63, 3.8) is 0 Å². The molecule has 20 heavy (non-hydrogen) atoms. The highest BCUT2D eigenvalue weighted by Gasteiger charge is 2.17. The lowest BCUT2D eigenvalue weighted by Crippen LogP contribution is -2.52. The van der Waals surface area contributed by atoms with Crippen molar-refractivity contribution in [1.82, 2.24) is 16.0 Å². The van der Waals surface area contributed by atoms with E-state index in [-0.39, 0.29) is 23.4 Å². The Morgan fingerprint density at radius 3 is 1.90 bits per heavy atom. The Morgan fingerprint density at radius 1 is 1.00 bits per heavy atom. The van der Waals surface area contributed by atoms with E-state index < -0.39 is 0 Å². The third-order valence-electron chi connectivity index (χ3n) is 2.50. The van der Waals surface area contributed by atoms with Gasteiger partial charge >= 0.3 is 0 Å². The van der Waals surface area contributed by atoms with Gasteiger partial charge in [-0.2, -0.15) is 0 Å². The molecular weight excluding hydrogens is 254 g/mol. The summed E-state index contributed by atoms with van der Waals surface area (Å²) in [6, 6.07) is -0.207. The lowest BCUT2D eigenvalue weighted by Gasteiger charge is -2.26. The molecule has 0 spiro atoms. The van der Waals surface area contributed by atoms with Gasteiger partial charge in [0.05, 0.1) is 6.04 Å². The first kappa shape index (κ1) is 18.4. The van der Waals surface area contributed by atoms with Gasteiger partial charge in [-0.3, -0.25) is 9.59 Å². The summed E-state index contributed by atoms with van der Waals surface area (Å²) in [6.45, 7) is 17.5. The molecule has 0 aromatic rings. The molecule has 1 atom stereocenters. The molecule has 5 heteroatoms. The Bertz CT molecular complexity index is 394. The fourth-order valence-corrected chi connectivity index (χ4v) is 1.28. The van der Waals surface area contributed by atoms with Crippen molar-refractivity contribution in [1.29, 1.82) is 0 Å². The van der Waals surface area contributed by atoms with Crippen molar-refractivity contribution in [2.45, 2.75) is 46.2 Å². The van der Waals surface area contributed by atoms with Gasteiger partial charge in [0, 0.05) is 29.8 Å². The highest BCUT2D eigenvalue weighted by molar-refractivity contribution is 5.93. The monoisotopic (exact) mass is 281 g/mol. The molecule has 0 rings (SSSR count). The van der Waals surface area contributed by atoms with Gasteiger partial charge in [-0.15, -0.1) is 0 Å². The Hall–Kier alpha value is -1.62. The third-order valence-corrected chi connectivity index (χ3v) is 2.50. The fourth-order valence-electron chi connectivity index (χ4n) is 1.28. The van der Waals surface area contributed by atoms with Gasteiger partial charge in [0.1, 0.15) is 0 Å². The molecule has 0 aliphatic carbocycles. The summed E-state index contributed by atoms with van der Waals surface area (Å²) in [6.07, 6.45) is 0. The maximum atomic E-state index is 11.7. The van der Waals surface area contributed by atoms with Crippen LogP contribution in [0.2, 0.25) is 0 Å². The molecule has 2 amide bonds. The molecule has 0 radical (unpaired) electrons. The average molecular weight is 281 g/mol. The van der Waals surface area contributed by atoms with Crippen LogP contribution >= 0.6 is 0 Å². The quantitative estimate of drug-likeness (QED) is 0.613. The summed E-state index contributed by atoms with van der Waals surface area (Å²) >= 11 is 0. The van der Waals surface area contributed by atoms with Crippen molar-refractivity contribution >= 4 is 11.8 Å². The molecule has 0 saturated carbocycles. The summed E-state index contributed by atoms with van der Waals surface area (Å²) in [5, 5.41) is 8.88. The number of amides is 2. The SMILES string of the molecule is C=C(C)C(=O)NCC(CNC(C)(C)C)NC(=O)C(=C)C.